The quantitative estimate of drug-likeness (QED) is 0.299. The van der Waals surface area contributed by atoms with Gasteiger partial charge in [-0.25, -0.2) is 0 Å². The molecule has 8 heteroatoms. The number of benzene rings is 2. The highest BCUT2D eigenvalue weighted by atomic mass is 16.2. The molecule has 3 amide bonds. The van der Waals surface area contributed by atoms with Crippen molar-refractivity contribution >= 4 is 17.7 Å². The van der Waals surface area contributed by atoms with Crippen molar-refractivity contribution in [2.24, 2.45) is 5.73 Å². The van der Waals surface area contributed by atoms with Gasteiger partial charge in [0.25, 0.3) is 0 Å². The average molecular weight is 550 g/mol. The van der Waals surface area contributed by atoms with Crippen LogP contribution in [0, 0.1) is 0 Å². The molecule has 0 saturated carbocycles. The van der Waals surface area contributed by atoms with Crippen LogP contribution < -0.4 is 16.4 Å². The molecule has 0 spiro atoms. The predicted octanol–water partition coefficient (Wildman–Crippen LogP) is 2.90. The summed E-state index contributed by atoms with van der Waals surface area (Å²) in [6, 6.07) is 19.4. The van der Waals surface area contributed by atoms with Gasteiger partial charge in [0.15, 0.2) is 0 Å². The lowest BCUT2D eigenvalue weighted by atomic mass is 10.1. The molecule has 4 N–H and O–H groups in total. The normalized spacial score (nSPS) is 16.4. The highest BCUT2D eigenvalue weighted by Crippen LogP contribution is 2.23. The van der Waals surface area contributed by atoms with Gasteiger partial charge in [0.05, 0.1) is 6.04 Å². The van der Waals surface area contributed by atoms with Gasteiger partial charge in [-0.05, 0) is 76.6 Å². The Labute approximate surface area is 239 Å². The summed E-state index contributed by atoms with van der Waals surface area (Å²) in [5, 5.41) is 5.87. The molecule has 218 valence electrons. The number of amides is 3. The molecule has 1 saturated heterocycles. The van der Waals surface area contributed by atoms with Crippen LogP contribution in [0.4, 0.5) is 0 Å². The van der Waals surface area contributed by atoms with E-state index in [1.165, 1.54) is 5.56 Å². The van der Waals surface area contributed by atoms with E-state index in [0.717, 1.165) is 31.2 Å². The Balaban J connectivity index is 1.64. The van der Waals surface area contributed by atoms with Crippen LogP contribution in [0.2, 0.25) is 0 Å². The van der Waals surface area contributed by atoms with Gasteiger partial charge in [0, 0.05) is 32.1 Å². The van der Waals surface area contributed by atoms with Crippen LogP contribution in [0.1, 0.15) is 56.6 Å². The lowest BCUT2D eigenvalue weighted by Gasteiger charge is -2.32. The minimum atomic E-state index is -0.589. The maximum absolute atomic E-state index is 13.6. The summed E-state index contributed by atoms with van der Waals surface area (Å²) in [6.45, 7) is 4.16. The Kier molecular flexibility index (Phi) is 13.1. The minimum Gasteiger partial charge on any atom is -0.343 e. The summed E-state index contributed by atoms with van der Waals surface area (Å²) in [5.41, 5.74) is 8.09. The lowest BCUT2D eigenvalue weighted by molar-refractivity contribution is -0.138. The number of likely N-dealkylation sites (tertiary alicyclic amines) is 1. The standard InChI is InChI=1S/C32H47N5O3/c1-25(34-2)31(39)35-29(16-9-21-33)32(40)37-22-10-15-28(37)20-24-36(23-19-27-13-7-4-8-14-27)30(38)18-17-26-11-5-3-6-12-26/h3-8,11-14,25,28-29,34H,9-10,15-24,33H2,1-2H3,(H,35,39)/t25-,28-,29-/m0/s1. The van der Waals surface area contributed by atoms with E-state index >= 15 is 0 Å². The molecule has 0 unspecified atom stereocenters. The molecule has 2 aromatic rings. The SMILES string of the molecule is CN[C@@H](C)C(=O)N[C@@H](CCCN)C(=O)N1CCC[C@H]1CCN(CCc1ccccc1)C(=O)CCc1ccccc1. The first kappa shape index (κ1) is 31.3. The number of carbonyl (C=O) groups excluding carboxylic acids is 3. The molecule has 0 aliphatic carbocycles. The molecule has 0 aromatic heterocycles. The van der Waals surface area contributed by atoms with Gasteiger partial charge < -0.3 is 26.2 Å². The van der Waals surface area contributed by atoms with E-state index in [2.05, 4.69) is 34.9 Å². The maximum Gasteiger partial charge on any atom is 0.245 e. The fourth-order valence-corrected chi connectivity index (χ4v) is 5.26. The van der Waals surface area contributed by atoms with Crippen molar-refractivity contribution in [1.82, 2.24) is 20.4 Å². The second-order valence-corrected chi connectivity index (χ2v) is 10.7. The molecule has 1 heterocycles. The van der Waals surface area contributed by atoms with Crippen molar-refractivity contribution in [3.63, 3.8) is 0 Å². The number of rotatable bonds is 16. The van der Waals surface area contributed by atoms with Crippen LogP contribution in [0.5, 0.6) is 0 Å². The van der Waals surface area contributed by atoms with Crippen molar-refractivity contribution in [2.45, 2.75) is 76.4 Å². The molecule has 2 aromatic carbocycles. The first-order valence-electron chi connectivity index (χ1n) is 14.8. The molecule has 40 heavy (non-hydrogen) atoms. The zero-order valence-corrected chi connectivity index (χ0v) is 24.2. The van der Waals surface area contributed by atoms with Gasteiger partial charge in [-0.3, -0.25) is 14.4 Å². The van der Waals surface area contributed by atoms with Crippen LogP contribution in [0.15, 0.2) is 60.7 Å². The van der Waals surface area contributed by atoms with Gasteiger partial charge in [-0.15, -0.1) is 0 Å². The fourth-order valence-electron chi connectivity index (χ4n) is 5.26. The largest absolute Gasteiger partial charge is 0.343 e. The summed E-state index contributed by atoms with van der Waals surface area (Å²) in [4.78, 5) is 43.5. The van der Waals surface area contributed by atoms with E-state index in [4.69, 9.17) is 5.73 Å². The van der Waals surface area contributed by atoms with Crippen LogP contribution >= 0.6 is 0 Å². The Morgan fingerprint density at radius 1 is 1.00 bits per heavy atom. The van der Waals surface area contributed by atoms with Crippen LogP contribution in [0.25, 0.3) is 0 Å². The number of nitrogens with two attached hydrogens (primary N) is 1. The smallest absolute Gasteiger partial charge is 0.245 e. The van der Waals surface area contributed by atoms with Crippen molar-refractivity contribution in [3.8, 4) is 0 Å². The Hall–Kier alpha value is -3.23. The lowest BCUT2D eigenvalue weighted by Crippen LogP contribution is -2.53. The molecule has 1 aliphatic rings. The molecule has 8 nitrogen and oxygen atoms in total. The van der Waals surface area contributed by atoms with Gasteiger partial charge >= 0.3 is 0 Å². The second-order valence-electron chi connectivity index (χ2n) is 10.7. The molecule has 0 bridgehead atoms. The van der Waals surface area contributed by atoms with Crippen LogP contribution in [-0.2, 0) is 27.2 Å². The summed E-state index contributed by atoms with van der Waals surface area (Å²) in [6.07, 6.45) is 5.69. The average Bonchev–Trinajstić information content (AvgIpc) is 3.46. The van der Waals surface area contributed by atoms with E-state index in [9.17, 15) is 14.4 Å². The number of nitrogens with one attached hydrogen (secondary N) is 2. The summed E-state index contributed by atoms with van der Waals surface area (Å²) < 4.78 is 0. The summed E-state index contributed by atoms with van der Waals surface area (Å²) >= 11 is 0. The number of hydrogen-bond acceptors (Lipinski definition) is 5. The van der Waals surface area contributed by atoms with Gasteiger partial charge in [-0.2, -0.15) is 0 Å². The third-order valence-electron chi connectivity index (χ3n) is 7.87. The van der Waals surface area contributed by atoms with Gasteiger partial charge in [0.1, 0.15) is 6.04 Å². The van der Waals surface area contributed by atoms with Crippen LogP contribution in [-0.4, -0.2) is 78.9 Å². The fraction of sp³-hybridized carbons (Fsp3) is 0.531. The van der Waals surface area contributed by atoms with E-state index in [1.807, 2.05) is 46.2 Å². The third kappa shape index (κ3) is 9.75. The van der Waals surface area contributed by atoms with E-state index in [1.54, 1.807) is 14.0 Å². The number of likely N-dealkylation sites (N-methyl/N-ethyl adjacent to an activating group) is 1. The molecule has 1 aliphatic heterocycles. The van der Waals surface area contributed by atoms with Crippen LogP contribution in [0.3, 0.4) is 0 Å². The van der Waals surface area contributed by atoms with Crippen molar-refractivity contribution < 1.29 is 14.4 Å². The molecule has 3 rings (SSSR count). The Bertz CT molecular complexity index is 1050. The van der Waals surface area contributed by atoms with Gasteiger partial charge in [0.2, 0.25) is 17.7 Å². The van der Waals surface area contributed by atoms with Gasteiger partial charge in [-0.1, -0.05) is 60.7 Å². The zero-order valence-electron chi connectivity index (χ0n) is 24.2. The molecule has 0 radical (unpaired) electrons. The molecular formula is C32H47N5O3. The monoisotopic (exact) mass is 549 g/mol. The highest BCUT2D eigenvalue weighted by Gasteiger charge is 2.34. The molecule has 1 fully saturated rings. The first-order valence-corrected chi connectivity index (χ1v) is 14.8. The summed E-state index contributed by atoms with van der Waals surface area (Å²) in [5.74, 6) is -0.0895. The van der Waals surface area contributed by atoms with E-state index < -0.39 is 6.04 Å². The maximum atomic E-state index is 13.6. The first-order chi connectivity index (χ1) is 19.4. The third-order valence-corrected chi connectivity index (χ3v) is 7.87. The second kappa shape index (κ2) is 16.8. The zero-order chi connectivity index (χ0) is 28.7. The van der Waals surface area contributed by atoms with Crippen molar-refractivity contribution in [1.29, 1.82) is 0 Å². The number of nitrogens with zero attached hydrogens (tertiary/aromatic N) is 2. The van der Waals surface area contributed by atoms with E-state index in [-0.39, 0.29) is 29.8 Å². The van der Waals surface area contributed by atoms with Crippen molar-refractivity contribution in [2.75, 3.05) is 33.2 Å². The summed E-state index contributed by atoms with van der Waals surface area (Å²) in [7, 11) is 1.72. The highest BCUT2D eigenvalue weighted by molar-refractivity contribution is 5.89. The van der Waals surface area contributed by atoms with Crippen molar-refractivity contribution in [3.05, 3.63) is 71.8 Å². The topological polar surface area (TPSA) is 108 Å². The predicted molar refractivity (Wildman–Crippen MR) is 160 cm³/mol. The Morgan fingerprint density at radius 3 is 2.27 bits per heavy atom. The number of aryl methyl sites for hydroxylation is 1. The number of carbonyl (C=O) groups is 3. The molecular weight excluding hydrogens is 502 g/mol. The number of hydrogen-bond donors (Lipinski definition) is 3. The molecule has 3 atom stereocenters. The Morgan fingerprint density at radius 2 is 1.65 bits per heavy atom. The minimum absolute atomic E-state index is 0.0427. The van der Waals surface area contributed by atoms with E-state index in [0.29, 0.717) is 51.9 Å².